The number of benzene rings is 3. The van der Waals surface area contributed by atoms with E-state index in [-0.39, 0.29) is 30.7 Å². The van der Waals surface area contributed by atoms with Crippen LogP contribution in [0.3, 0.4) is 0 Å². The minimum absolute atomic E-state index is 0.0267. The van der Waals surface area contributed by atoms with Crippen molar-refractivity contribution in [3.8, 4) is 0 Å². The van der Waals surface area contributed by atoms with Crippen LogP contribution in [-0.2, 0) is 37.7 Å². The summed E-state index contributed by atoms with van der Waals surface area (Å²) in [6.45, 7) is 5.88. The zero-order valence-electron chi connectivity index (χ0n) is 26.5. The highest BCUT2D eigenvalue weighted by Crippen LogP contribution is 2.61. The second-order valence-electron chi connectivity index (χ2n) is 13.6. The molecule has 2 fully saturated rings. The third-order valence-corrected chi connectivity index (χ3v) is 13.0. The molecule has 4 aliphatic rings. The minimum atomic E-state index is -3.53. The van der Waals surface area contributed by atoms with E-state index >= 15 is 4.11 Å². The second-order valence-corrected chi connectivity index (χ2v) is 17.4. The van der Waals surface area contributed by atoms with Crippen molar-refractivity contribution in [1.82, 2.24) is 4.90 Å². The van der Waals surface area contributed by atoms with Gasteiger partial charge in [0.05, 0.1) is 30.9 Å². The standard InChI is InChI=1S/C36H40FN3O5Si/c1-23-34(46(2,3)37)31(20-33(43)39-21-25-11-8-7-10-24(25)18-28(39)22-41)45-36(23)29-19-27(38-17-9-14-32(38)42)15-16-30(29)40(35(36)44)26-12-5-4-6-13-26/h4-8,10-13,15-16,19,23,28,31,34,41H,9,14,17-18,20-22H2,1-3H3/t23-,28+,31+,34-,36+/m1/s1. The van der Waals surface area contributed by atoms with Gasteiger partial charge in [-0.05, 0) is 67.4 Å². The van der Waals surface area contributed by atoms with Crippen molar-refractivity contribution in [2.24, 2.45) is 5.92 Å². The molecule has 0 unspecified atom stereocenters. The largest absolute Gasteiger partial charge is 0.394 e. The molecule has 240 valence electrons. The van der Waals surface area contributed by atoms with Crippen molar-refractivity contribution in [3.63, 3.8) is 0 Å². The molecule has 0 bridgehead atoms. The smallest absolute Gasteiger partial charge is 0.268 e. The molecule has 4 heterocycles. The monoisotopic (exact) mass is 641 g/mol. The Labute approximate surface area is 269 Å². The maximum Gasteiger partial charge on any atom is 0.268 e. The summed E-state index contributed by atoms with van der Waals surface area (Å²) in [6.07, 6.45) is 0.803. The van der Waals surface area contributed by atoms with Crippen LogP contribution in [0.15, 0.2) is 72.8 Å². The summed E-state index contributed by atoms with van der Waals surface area (Å²) < 4.78 is 23.4. The number of aliphatic hydroxyl groups is 1. The molecular weight excluding hydrogens is 601 g/mol. The molecule has 0 aromatic heterocycles. The molecule has 10 heteroatoms. The predicted molar refractivity (Wildman–Crippen MR) is 176 cm³/mol. The number of carbonyl (C=O) groups is 3. The summed E-state index contributed by atoms with van der Waals surface area (Å²) in [4.78, 5) is 46.7. The summed E-state index contributed by atoms with van der Waals surface area (Å²) >= 11 is 0. The van der Waals surface area contributed by atoms with Gasteiger partial charge in [-0.15, -0.1) is 0 Å². The van der Waals surface area contributed by atoms with Crippen LogP contribution in [-0.4, -0.2) is 61.4 Å². The number of amides is 3. The lowest BCUT2D eigenvalue weighted by Crippen LogP contribution is -2.48. The first kappa shape index (κ1) is 30.8. The van der Waals surface area contributed by atoms with E-state index in [0.29, 0.717) is 48.6 Å². The normalized spacial score (nSPS) is 27.5. The van der Waals surface area contributed by atoms with Crippen LogP contribution >= 0.6 is 0 Å². The van der Waals surface area contributed by atoms with Gasteiger partial charge in [0.1, 0.15) is 0 Å². The van der Waals surface area contributed by atoms with Crippen molar-refractivity contribution >= 4 is 43.2 Å². The molecule has 4 aliphatic heterocycles. The van der Waals surface area contributed by atoms with Crippen LogP contribution in [0.25, 0.3) is 0 Å². The van der Waals surface area contributed by atoms with E-state index < -0.39 is 37.6 Å². The predicted octanol–water partition coefficient (Wildman–Crippen LogP) is 5.60. The lowest BCUT2D eigenvalue weighted by atomic mass is 9.82. The Balaban J connectivity index is 1.30. The van der Waals surface area contributed by atoms with Crippen LogP contribution in [0.1, 0.15) is 42.9 Å². The molecule has 0 radical (unpaired) electrons. The molecule has 3 aromatic carbocycles. The molecule has 8 nitrogen and oxygen atoms in total. The number of rotatable bonds is 6. The number of carbonyl (C=O) groups excluding carboxylic acids is 3. The molecule has 1 N–H and O–H groups in total. The first-order valence-corrected chi connectivity index (χ1v) is 19.2. The van der Waals surface area contributed by atoms with Crippen molar-refractivity contribution < 1.29 is 28.3 Å². The maximum atomic E-state index is 16.5. The first-order chi connectivity index (χ1) is 22.0. The molecule has 2 saturated heterocycles. The number of hydrogen-bond acceptors (Lipinski definition) is 5. The minimum Gasteiger partial charge on any atom is -0.394 e. The average Bonchev–Trinajstić information content (AvgIpc) is 3.68. The number of halogens is 1. The lowest BCUT2D eigenvalue weighted by Gasteiger charge is -2.37. The molecular formula is C36H40FN3O5Si. The maximum absolute atomic E-state index is 16.5. The van der Waals surface area contributed by atoms with Gasteiger partial charge in [-0.25, -0.2) is 0 Å². The number of aliphatic hydroxyl groups excluding tert-OH is 1. The van der Waals surface area contributed by atoms with E-state index in [0.717, 1.165) is 17.5 Å². The molecule has 0 saturated carbocycles. The van der Waals surface area contributed by atoms with Gasteiger partial charge in [-0.1, -0.05) is 49.4 Å². The van der Waals surface area contributed by atoms with Gasteiger partial charge in [0.25, 0.3) is 5.91 Å². The lowest BCUT2D eigenvalue weighted by molar-refractivity contribution is -0.150. The van der Waals surface area contributed by atoms with E-state index in [4.69, 9.17) is 4.74 Å². The Morgan fingerprint density at radius 1 is 1.02 bits per heavy atom. The topological polar surface area (TPSA) is 90.4 Å². The van der Waals surface area contributed by atoms with Crippen molar-refractivity contribution in [3.05, 3.63) is 89.5 Å². The zero-order chi connectivity index (χ0) is 32.4. The Bertz CT molecular complexity index is 1700. The molecule has 3 amide bonds. The van der Waals surface area contributed by atoms with Gasteiger partial charge in [-0.3, -0.25) is 19.3 Å². The van der Waals surface area contributed by atoms with E-state index in [2.05, 4.69) is 0 Å². The molecule has 3 aromatic rings. The number of para-hydroxylation sites is 1. The van der Waals surface area contributed by atoms with Crippen LogP contribution in [0.5, 0.6) is 0 Å². The fraction of sp³-hybridized carbons (Fsp3) is 0.417. The highest BCUT2D eigenvalue weighted by molar-refractivity contribution is 6.72. The summed E-state index contributed by atoms with van der Waals surface area (Å²) in [5, 5.41) is 10.2. The molecule has 1 spiro atoms. The third kappa shape index (κ3) is 4.80. The summed E-state index contributed by atoms with van der Waals surface area (Å²) in [5.41, 5.74) is 2.51. The number of fused-ring (bicyclic) bond motifs is 3. The summed E-state index contributed by atoms with van der Waals surface area (Å²) in [5.74, 6) is -1.10. The van der Waals surface area contributed by atoms with E-state index in [1.165, 1.54) is 0 Å². The number of ether oxygens (including phenoxy) is 1. The fourth-order valence-corrected chi connectivity index (χ4v) is 10.9. The van der Waals surface area contributed by atoms with Crippen LogP contribution in [0.4, 0.5) is 21.2 Å². The summed E-state index contributed by atoms with van der Waals surface area (Å²) in [6, 6.07) is 22.4. The number of hydrogen-bond donors (Lipinski definition) is 1. The highest BCUT2D eigenvalue weighted by atomic mass is 28.4. The van der Waals surface area contributed by atoms with Gasteiger partial charge >= 0.3 is 0 Å². The van der Waals surface area contributed by atoms with E-state index in [1.54, 1.807) is 27.8 Å². The van der Waals surface area contributed by atoms with Gasteiger partial charge in [0.15, 0.2) is 5.60 Å². The van der Waals surface area contributed by atoms with Crippen LogP contribution in [0.2, 0.25) is 18.6 Å². The van der Waals surface area contributed by atoms with E-state index in [1.807, 2.05) is 79.7 Å². The number of anilines is 3. The zero-order valence-corrected chi connectivity index (χ0v) is 27.5. The Kier molecular flexibility index (Phi) is 7.65. The van der Waals surface area contributed by atoms with Crippen molar-refractivity contribution in [2.75, 3.05) is 23.0 Å². The Hall–Kier alpha value is -3.86. The summed E-state index contributed by atoms with van der Waals surface area (Å²) in [7, 11) is -3.53. The number of nitrogens with zero attached hydrogens (tertiary/aromatic N) is 3. The Morgan fingerprint density at radius 2 is 1.74 bits per heavy atom. The molecule has 7 rings (SSSR count). The fourth-order valence-electron chi connectivity index (χ4n) is 8.41. The van der Waals surface area contributed by atoms with Gasteiger partial charge in [0, 0.05) is 47.9 Å². The van der Waals surface area contributed by atoms with Crippen LogP contribution < -0.4 is 9.80 Å². The highest BCUT2D eigenvalue weighted by Gasteiger charge is 2.67. The van der Waals surface area contributed by atoms with Crippen molar-refractivity contribution in [2.45, 2.75) is 75.5 Å². The second kappa shape index (κ2) is 11.4. The van der Waals surface area contributed by atoms with Crippen molar-refractivity contribution in [1.29, 1.82) is 0 Å². The van der Waals surface area contributed by atoms with Gasteiger partial charge < -0.3 is 23.8 Å². The Morgan fingerprint density at radius 3 is 2.41 bits per heavy atom. The SMILES string of the molecule is C[C@@H]1[C@@H]([Si](C)(C)F)[C@H](CC(=O)N2Cc3ccccc3C[C@H]2CO)O[C@@]12C(=O)N(c1ccccc1)c1ccc(N3CCCC3=O)cc12. The molecule has 0 aliphatic carbocycles. The molecule has 5 atom stereocenters. The van der Waals surface area contributed by atoms with Gasteiger partial charge in [-0.2, -0.15) is 0 Å². The molecule has 46 heavy (non-hydrogen) atoms. The van der Waals surface area contributed by atoms with Gasteiger partial charge in [0.2, 0.25) is 20.2 Å². The van der Waals surface area contributed by atoms with Crippen LogP contribution in [0, 0.1) is 5.92 Å². The first-order valence-electron chi connectivity index (χ1n) is 16.2. The average molecular weight is 642 g/mol. The third-order valence-electron chi connectivity index (χ3n) is 10.5. The van der Waals surface area contributed by atoms with E-state index in [9.17, 15) is 19.5 Å². The quantitative estimate of drug-likeness (QED) is 0.280.